The number of methoxy groups -OCH3 is 2. The van der Waals surface area contributed by atoms with E-state index >= 15 is 0 Å². The SMILES string of the molecule is CC(C)N1CC(N)C(Oc2ccc(Cl)nn2)C1.CC(C)N1CC(N)C(Oc2ccccn2)C1.CC(C)N1CC(Oc2cccnc2)C1.CC(C)N1CCC(Oc2ccccn2)C1.CC(C)N1CCC(Oc2ccccn2)CC1.CC(C)N1CCC(Oc2ncc(Cl)cc2F)CC1.COc1ccc(OC2CN(C(C)C)CC2N)cn1.COc1ncc(OC2CN(C(C)C)CC2N)cc1F.Cc1ccc(OC2CCN(C(C)C)CC2)nn1. The van der Waals surface area contributed by atoms with E-state index in [1.807, 2.05) is 91.9 Å². The Bertz CT molecular complexity index is 5180. The van der Waals surface area contributed by atoms with Crippen LogP contribution >= 0.6 is 23.2 Å². The molecule has 0 aliphatic carbocycles. The Balaban J connectivity index is 0.000000173. The number of piperidine rings is 3. The van der Waals surface area contributed by atoms with Gasteiger partial charge in [0.15, 0.2) is 16.8 Å². The fourth-order valence-corrected chi connectivity index (χ4v) is 18.2. The zero-order valence-electron chi connectivity index (χ0n) is 92.2. The van der Waals surface area contributed by atoms with E-state index in [2.05, 4.69) is 224 Å². The van der Waals surface area contributed by atoms with Gasteiger partial charge in [-0.05, 0) is 231 Å². The Labute approximate surface area is 899 Å². The Hall–Kier alpha value is -10.1. The van der Waals surface area contributed by atoms with E-state index in [-0.39, 0.29) is 71.5 Å². The topological polar surface area (TPSA) is 377 Å². The first-order valence-corrected chi connectivity index (χ1v) is 54.2. The van der Waals surface area contributed by atoms with Gasteiger partial charge in [0.2, 0.25) is 41.2 Å². The third-order valence-corrected chi connectivity index (χ3v) is 28.0. The van der Waals surface area contributed by atoms with Crippen molar-refractivity contribution in [3.8, 4) is 64.3 Å². The molecule has 150 heavy (non-hydrogen) atoms. The predicted molar refractivity (Wildman–Crippen MR) is 586 cm³/mol. The molecule has 0 amide bonds. The fraction of sp³-hybridized carbons (Fsp3) is 0.613. The first-order valence-electron chi connectivity index (χ1n) is 53.4. The molecule has 9 unspecified atom stereocenters. The normalized spacial score (nSPS) is 21.9. The minimum Gasteiger partial charge on any atom is -0.486 e. The first-order chi connectivity index (χ1) is 71.8. The van der Waals surface area contributed by atoms with Crippen LogP contribution in [-0.4, -0.2) is 365 Å². The van der Waals surface area contributed by atoms with E-state index in [1.54, 1.807) is 62.5 Å². The molecule has 9 saturated heterocycles. The van der Waals surface area contributed by atoms with Crippen LogP contribution in [0.5, 0.6) is 64.3 Å². The van der Waals surface area contributed by atoms with E-state index < -0.39 is 11.6 Å². The van der Waals surface area contributed by atoms with Crippen molar-refractivity contribution < 1.29 is 60.9 Å². The summed E-state index contributed by atoms with van der Waals surface area (Å²) in [6, 6.07) is 39.5. The lowest BCUT2D eigenvalue weighted by Crippen LogP contribution is -2.56. The molecule has 828 valence electrons. The van der Waals surface area contributed by atoms with Crippen LogP contribution in [0.15, 0.2) is 165 Å². The molecule has 0 saturated carbocycles. The van der Waals surface area contributed by atoms with Gasteiger partial charge in [-0.15, -0.1) is 15.3 Å². The Morgan fingerprint density at radius 3 is 1.03 bits per heavy atom. The van der Waals surface area contributed by atoms with Crippen LogP contribution in [0.3, 0.4) is 0 Å². The lowest BCUT2D eigenvalue weighted by molar-refractivity contribution is -0.0000334. The summed E-state index contributed by atoms with van der Waals surface area (Å²) in [6.07, 6.45) is 21.8. The maximum absolute atomic E-state index is 13.5. The highest BCUT2D eigenvalue weighted by Gasteiger charge is 2.39. The van der Waals surface area contributed by atoms with E-state index in [0.717, 1.165) is 192 Å². The van der Waals surface area contributed by atoms with Crippen LogP contribution in [0.4, 0.5) is 8.78 Å². The number of halogens is 4. The molecule has 0 spiro atoms. The second-order valence-electron chi connectivity index (χ2n) is 41.8. The largest absolute Gasteiger partial charge is 0.486 e. The number of rotatable bonds is 29. The highest BCUT2D eigenvalue weighted by atomic mass is 35.5. The van der Waals surface area contributed by atoms with Gasteiger partial charge in [0.1, 0.15) is 72.2 Å². The number of nitrogens with two attached hydrogens (primary N) is 4. The molecule has 9 aliphatic rings. The summed E-state index contributed by atoms with van der Waals surface area (Å²) in [5.41, 5.74) is 25.2. The third kappa shape index (κ3) is 41.7. The molecular weight excluding hydrogens is 1950 g/mol. The number of hydrogen-bond donors (Lipinski definition) is 4. The summed E-state index contributed by atoms with van der Waals surface area (Å²) >= 11 is 11.3. The van der Waals surface area contributed by atoms with Crippen LogP contribution in [-0.2, 0) is 0 Å². The molecule has 18 rings (SSSR count). The quantitative estimate of drug-likeness (QED) is 0.0338. The number of aromatic nitrogens is 11. The molecule has 9 atom stereocenters. The minimum absolute atomic E-state index is 0.00915. The van der Waals surface area contributed by atoms with Gasteiger partial charge in [0.05, 0.1) is 67.7 Å². The van der Waals surface area contributed by atoms with Gasteiger partial charge in [0.25, 0.3) is 5.88 Å². The molecule has 0 radical (unpaired) electrons. The monoisotopic (exact) mass is 2120 g/mol. The summed E-state index contributed by atoms with van der Waals surface area (Å²) in [5, 5.41) is 16.3. The third-order valence-electron chi connectivity index (χ3n) is 27.6. The van der Waals surface area contributed by atoms with Crippen molar-refractivity contribution in [3.63, 3.8) is 0 Å². The zero-order chi connectivity index (χ0) is 108. The van der Waals surface area contributed by atoms with Gasteiger partial charge in [-0.2, -0.15) is 5.10 Å². The highest BCUT2D eigenvalue weighted by molar-refractivity contribution is 6.30. The van der Waals surface area contributed by atoms with Gasteiger partial charge >= 0.3 is 0 Å². The van der Waals surface area contributed by atoms with Gasteiger partial charge in [0, 0.05) is 246 Å². The van der Waals surface area contributed by atoms with Gasteiger partial charge in [-0.25, -0.2) is 38.7 Å². The number of nitrogens with zero attached hydrogens (tertiary/aromatic N) is 20. The minimum atomic E-state index is -0.535. The van der Waals surface area contributed by atoms with Crippen molar-refractivity contribution in [1.82, 2.24) is 99.4 Å². The van der Waals surface area contributed by atoms with Crippen LogP contribution in [0.1, 0.15) is 175 Å². The second-order valence-corrected chi connectivity index (χ2v) is 42.6. The van der Waals surface area contributed by atoms with Gasteiger partial charge < -0.3 is 89.7 Å². The zero-order valence-corrected chi connectivity index (χ0v) is 93.7. The first kappa shape index (κ1) is 122. The summed E-state index contributed by atoms with van der Waals surface area (Å²) in [6.45, 7) is 58.8. The van der Waals surface area contributed by atoms with E-state index in [9.17, 15) is 8.78 Å². The number of pyridine rings is 7. The number of aryl methyl sites for hydroxylation is 1. The molecule has 0 bridgehead atoms. The van der Waals surface area contributed by atoms with Crippen molar-refractivity contribution in [2.24, 2.45) is 22.9 Å². The highest BCUT2D eigenvalue weighted by Crippen LogP contribution is 2.31. The number of hydrogen-bond acceptors (Lipinski definition) is 35. The van der Waals surface area contributed by atoms with E-state index in [1.165, 1.54) is 31.6 Å². The average Bonchev–Trinajstić information content (AvgIpc) is 1.35. The van der Waals surface area contributed by atoms with Gasteiger partial charge in [-0.1, -0.05) is 41.4 Å². The molecule has 35 nitrogen and oxygen atoms in total. The summed E-state index contributed by atoms with van der Waals surface area (Å²) in [4.78, 5) is 49.8. The average molecular weight is 2130 g/mol. The van der Waals surface area contributed by atoms with E-state index in [0.29, 0.717) is 113 Å². The number of likely N-dealkylation sites (tertiary alicyclic amines) is 9. The maximum Gasteiger partial charge on any atom is 0.250 e. The molecule has 18 heterocycles. The van der Waals surface area contributed by atoms with E-state index in [4.69, 9.17) is 98.2 Å². The standard InChI is InChI=1S/C13H18ClFN2O.C13H20FN3O2.C13H21N3O2.C13H21N3O.C13H20N2O.C12H19N3O.C12H18N2O.C11H17ClN4O.C11H16N2O/c1-9(2)17-5-3-11(4-6-17)18-13-12(15)7-10(14)8-16-13;1-8(2)17-6-11(15)12(7-17)19-9-4-10(14)13(18-3)16-5-9;1-9(2)16-7-11(14)12(8-16)18-10-4-5-13(17-3)15-6-10;1-10(2)16-8-6-12(7-9-16)17-13-5-4-11(3)14-15-13;1-11(2)15-9-6-12(7-10-15)16-13-5-3-4-8-14-13;1-9(2)15-7-10(13)11(8-15)16-12-5-3-4-6-14-12;1-10(2)14-8-6-11(9-14)15-12-5-3-4-7-13-12;1-7(2)16-5-8(13)9(6-16)17-11-4-3-10(12)14-15-11;1-9(2)13-7-11(8-13)14-10-4-3-5-12-6-10/h7-9,11H,3-6H2,1-2H3;4-5,8,11-12H,6-7,15H2,1-3H3;4-6,9,11-12H,7-8,14H2,1-3H3;4-5,10,12H,6-9H2,1-3H3;3-5,8,11-12H,6-7,9-10H2,1-2H3;3-6,9-11H,7-8,13H2,1-2H3;3-5,7,10-11H,6,8-9H2,1-2H3;3-4,7-9H,5-6,13H2,1-2H3;3-6,9,11H,7-8H2,1-2H3. The molecule has 8 N–H and O–H groups in total. The van der Waals surface area contributed by atoms with Crippen molar-refractivity contribution in [2.75, 3.05) is 132 Å². The summed E-state index contributed by atoms with van der Waals surface area (Å²) in [5.74, 6) is 4.86. The summed E-state index contributed by atoms with van der Waals surface area (Å²) < 4.78 is 88.8. The molecule has 39 heteroatoms. The molecule has 9 fully saturated rings. The molecular formula is C111H170Cl2F2N24O11. The van der Waals surface area contributed by atoms with Crippen molar-refractivity contribution in [1.29, 1.82) is 0 Å². The van der Waals surface area contributed by atoms with Crippen molar-refractivity contribution in [3.05, 3.63) is 192 Å². The molecule has 9 aromatic rings. The van der Waals surface area contributed by atoms with Crippen LogP contribution in [0.2, 0.25) is 10.2 Å². The van der Waals surface area contributed by atoms with Crippen molar-refractivity contribution >= 4 is 23.2 Å². The Morgan fingerprint density at radius 2 is 0.653 bits per heavy atom. The Kier molecular flexibility index (Phi) is 51.1. The molecule has 0 aromatic carbocycles. The van der Waals surface area contributed by atoms with Crippen LogP contribution in [0, 0.1) is 18.6 Å². The second kappa shape index (κ2) is 62.9. The summed E-state index contributed by atoms with van der Waals surface area (Å²) in [7, 11) is 2.97. The number of ether oxygens (including phenoxy) is 11. The molecule has 9 aromatic heterocycles. The lowest BCUT2D eigenvalue weighted by atomic mass is 10.1. The maximum atomic E-state index is 13.5. The van der Waals surface area contributed by atoms with Gasteiger partial charge in [-0.3, -0.25) is 34.4 Å². The van der Waals surface area contributed by atoms with Crippen LogP contribution < -0.4 is 75.0 Å². The predicted octanol–water partition coefficient (Wildman–Crippen LogP) is 14.7. The fourth-order valence-electron chi connectivity index (χ4n) is 18.0. The van der Waals surface area contributed by atoms with Crippen molar-refractivity contribution in [2.45, 2.75) is 310 Å². The lowest BCUT2D eigenvalue weighted by Gasteiger charge is -2.41. The molecule has 9 aliphatic heterocycles. The smallest absolute Gasteiger partial charge is 0.250 e. The van der Waals surface area contributed by atoms with Crippen LogP contribution in [0.25, 0.3) is 0 Å². The Morgan fingerprint density at radius 1 is 0.287 bits per heavy atom.